The lowest BCUT2D eigenvalue weighted by molar-refractivity contribution is -0.129. The average Bonchev–Trinajstić information content (AvgIpc) is 2.58. The van der Waals surface area contributed by atoms with Crippen LogP contribution < -0.4 is 5.32 Å². The van der Waals surface area contributed by atoms with E-state index in [0.29, 0.717) is 28.8 Å². The second-order valence-corrected chi connectivity index (χ2v) is 6.48. The molecule has 2 aromatic carbocycles. The Morgan fingerprint density at radius 2 is 1.72 bits per heavy atom. The molecule has 0 radical (unpaired) electrons. The summed E-state index contributed by atoms with van der Waals surface area (Å²) in [4.78, 5) is 25.5. The van der Waals surface area contributed by atoms with E-state index in [1.807, 2.05) is 30.3 Å². The van der Waals surface area contributed by atoms with Crippen molar-refractivity contribution in [3.8, 4) is 0 Å². The molecule has 0 heterocycles. The van der Waals surface area contributed by atoms with Crippen LogP contribution in [0.3, 0.4) is 0 Å². The normalized spacial score (nSPS) is 10.4. The number of anilines is 1. The third-order valence-electron chi connectivity index (χ3n) is 3.77. The molecule has 0 atom stereocenters. The van der Waals surface area contributed by atoms with Gasteiger partial charge in [-0.15, -0.1) is 0 Å². The van der Waals surface area contributed by atoms with E-state index in [1.54, 1.807) is 23.1 Å². The van der Waals surface area contributed by atoms with Crippen molar-refractivity contribution in [2.24, 2.45) is 0 Å². The number of amides is 2. The summed E-state index contributed by atoms with van der Waals surface area (Å²) in [5.74, 6) is -0.220. The van der Waals surface area contributed by atoms with Crippen molar-refractivity contribution >= 4 is 40.7 Å². The Kier molecular flexibility index (Phi) is 7.29. The Bertz CT molecular complexity index is 735. The lowest BCUT2D eigenvalue weighted by Crippen LogP contribution is -2.33. The van der Waals surface area contributed by atoms with E-state index in [1.165, 1.54) is 6.92 Å². The molecular weight excluding hydrogens is 359 g/mol. The maximum atomic E-state index is 12.1. The highest BCUT2D eigenvalue weighted by molar-refractivity contribution is 6.42. The van der Waals surface area contributed by atoms with Crippen LogP contribution in [0.25, 0.3) is 0 Å². The van der Waals surface area contributed by atoms with Gasteiger partial charge in [-0.05, 0) is 30.2 Å². The van der Waals surface area contributed by atoms with E-state index in [2.05, 4.69) is 5.32 Å². The van der Waals surface area contributed by atoms with E-state index in [-0.39, 0.29) is 18.2 Å². The molecule has 0 aliphatic carbocycles. The SMILES string of the molecule is CC(=O)N(CCC(=O)Nc1ccc(Cl)c(Cl)c1)CCc1ccccc1. The first-order chi connectivity index (χ1) is 12.0. The molecule has 2 aromatic rings. The number of hydrogen-bond acceptors (Lipinski definition) is 2. The van der Waals surface area contributed by atoms with E-state index < -0.39 is 0 Å². The molecular formula is C19H20Cl2N2O2. The summed E-state index contributed by atoms with van der Waals surface area (Å²) >= 11 is 11.8. The summed E-state index contributed by atoms with van der Waals surface area (Å²) in [6.07, 6.45) is 0.976. The fourth-order valence-electron chi connectivity index (χ4n) is 2.37. The summed E-state index contributed by atoms with van der Waals surface area (Å²) in [6.45, 7) is 2.47. The molecule has 0 saturated carbocycles. The Morgan fingerprint density at radius 3 is 2.36 bits per heavy atom. The summed E-state index contributed by atoms with van der Waals surface area (Å²) in [6, 6.07) is 14.9. The first-order valence-corrected chi connectivity index (χ1v) is 8.75. The smallest absolute Gasteiger partial charge is 0.226 e. The van der Waals surface area contributed by atoms with Gasteiger partial charge in [0, 0.05) is 32.1 Å². The number of hydrogen-bond donors (Lipinski definition) is 1. The number of halogens is 2. The van der Waals surface area contributed by atoms with Crippen molar-refractivity contribution in [2.75, 3.05) is 18.4 Å². The number of nitrogens with one attached hydrogen (secondary N) is 1. The second-order valence-electron chi connectivity index (χ2n) is 5.67. The molecule has 1 N–H and O–H groups in total. The van der Waals surface area contributed by atoms with Crippen molar-refractivity contribution in [2.45, 2.75) is 19.8 Å². The van der Waals surface area contributed by atoms with Gasteiger partial charge in [0.25, 0.3) is 0 Å². The molecule has 4 nitrogen and oxygen atoms in total. The third-order valence-corrected chi connectivity index (χ3v) is 4.51. The van der Waals surface area contributed by atoms with Gasteiger partial charge in [-0.1, -0.05) is 53.5 Å². The third kappa shape index (κ3) is 6.40. The van der Waals surface area contributed by atoms with Crippen LogP contribution in [-0.2, 0) is 16.0 Å². The molecule has 0 aliphatic rings. The molecule has 0 saturated heterocycles. The monoisotopic (exact) mass is 378 g/mol. The number of benzene rings is 2. The van der Waals surface area contributed by atoms with Crippen LogP contribution in [0.1, 0.15) is 18.9 Å². The van der Waals surface area contributed by atoms with E-state index in [0.717, 1.165) is 12.0 Å². The number of rotatable bonds is 7. The highest BCUT2D eigenvalue weighted by atomic mass is 35.5. The predicted octanol–water partition coefficient (Wildman–Crippen LogP) is 4.41. The van der Waals surface area contributed by atoms with E-state index >= 15 is 0 Å². The van der Waals surface area contributed by atoms with Crippen molar-refractivity contribution < 1.29 is 9.59 Å². The average molecular weight is 379 g/mol. The van der Waals surface area contributed by atoms with Crippen LogP contribution in [-0.4, -0.2) is 29.8 Å². The van der Waals surface area contributed by atoms with Crippen molar-refractivity contribution in [1.82, 2.24) is 4.90 Å². The quantitative estimate of drug-likeness (QED) is 0.775. The van der Waals surface area contributed by atoms with Gasteiger partial charge in [0.05, 0.1) is 10.0 Å². The molecule has 0 fully saturated rings. The zero-order valence-electron chi connectivity index (χ0n) is 14.0. The predicted molar refractivity (Wildman–Crippen MR) is 102 cm³/mol. The van der Waals surface area contributed by atoms with Gasteiger partial charge >= 0.3 is 0 Å². The van der Waals surface area contributed by atoms with E-state index in [9.17, 15) is 9.59 Å². The lowest BCUT2D eigenvalue weighted by atomic mass is 10.1. The van der Waals surface area contributed by atoms with Crippen LogP contribution in [0.4, 0.5) is 5.69 Å². The molecule has 0 bridgehead atoms. The van der Waals surface area contributed by atoms with Crippen LogP contribution in [0.2, 0.25) is 10.0 Å². The number of carbonyl (C=O) groups is 2. The highest BCUT2D eigenvalue weighted by Gasteiger charge is 2.12. The fraction of sp³-hybridized carbons (Fsp3) is 0.263. The van der Waals surface area contributed by atoms with Crippen LogP contribution >= 0.6 is 23.2 Å². The maximum Gasteiger partial charge on any atom is 0.226 e. The van der Waals surface area contributed by atoms with Crippen LogP contribution in [0, 0.1) is 0 Å². The Hall–Kier alpha value is -2.04. The number of nitrogens with zero attached hydrogens (tertiary/aromatic N) is 1. The molecule has 6 heteroatoms. The molecule has 25 heavy (non-hydrogen) atoms. The molecule has 0 aliphatic heterocycles. The maximum absolute atomic E-state index is 12.1. The molecule has 0 aromatic heterocycles. The van der Waals surface area contributed by atoms with Gasteiger partial charge in [0.1, 0.15) is 0 Å². The first-order valence-electron chi connectivity index (χ1n) is 8.00. The molecule has 132 valence electrons. The molecule has 0 unspecified atom stereocenters. The van der Waals surface area contributed by atoms with Gasteiger partial charge in [0.15, 0.2) is 0 Å². The van der Waals surface area contributed by atoms with Crippen molar-refractivity contribution in [3.05, 3.63) is 64.1 Å². The van der Waals surface area contributed by atoms with Gasteiger partial charge < -0.3 is 10.2 Å². The van der Waals surface area contributed by atoms with Gasteiger partial charge in [-0.2, -0.15) is 0 Å². The van der Waals surface area contributed by atoms with E-state index in [4.69, 9.17) is 23.2 Å². The largest absolute Gasteiger partial charge is 0.342 e. The summed E-state index contributed by atoms with van der Waals surface area (Å²) in [5.41, 5.74) is 1.74. The van der Waals surface area contributed by atoms with Crippen LogP contribution in [0.5, 0.6) is 0 Å². The Labute approximate surface area is 157 Å². The lowest BCUT2D eigenvalue weighted by Gasteiger charge is -2.21. The topological polar surface area (TPSA) is 49.4 Å². The standard InChI is InChI=1S/C19H20Cl2N2O2/c1-14(24)23(11-9-15-5-3-2-4-6-15)12-10-19(25)22-16-7-8-17(20)18(21)13-16/h2-8,13H,9-12H2,1H3,(H,22,25). The molecule has 2 rings (SSSR count). The minimum absolute atomic E-state index is 0.0433. The van der Waals surface area contributed by atoms with Gasteiger partial charge in [-0.25, -0.2) is 0 Å². The van der Waals surface area contributed by atoms with Gasteiger partial charge in [-0.3, -0.25) is 9.59 Å². The van der Waals surface area contributed by atoms with Crippen molar-refractivity contribution in [1.29, 1.82) is 0 Å². The molecule has 2 amide bonds. The van der Waals surface area contributed by atoms with Crippen LogP contribution in [0.15, 0.2) is 48.5 Å². The summed E-state index contributed by atoms with van der Waals surface area (Å²) < 4.78 is 0. The zero-order chi connectivity index (χ0) is 18.2. The fourth-order valence-corrected chi connectivity index (χ4v) is 2.67. The minimum Gasteiger partial charge on any atom is -0.342 e. The summed E-state index contributed by atoms with van der Waals surface area (Å²) in [7, 11) is 0. The first kappa shape index (κ1) is 19.3. The minimum atomic E-state index is -0.177. The molecule has 0 spiro atoms. The Morgan fingerprint density at radius 1 is 1.00 bits per heavy atom. The van der Waals surface area contributed by atoms with Gasteiger partial charge in [0.2, 0.25) is 11.8 Å². The number of carbonyl (C=O) groups excluding carboxylic acids is 2. The van der Waals surface area contributed by atoms with Crippen molar-refractivity contribution in [3.63, 3.8) is 0 Å². The summed E-state index contributed by atoms with van der Waals surface area (Å²) in [5, 5.41) is 3.57. The zero-order valence-corrected chi connectivity index (χ0v) is 15.5. The highest BCUT2D eigenvalue weighted by Crippen LogP contribution is 2.25. The Balaban J connectivity index is 1.84. The second kappa shape index (κ2) is 9.44.